The van der Waals surface area contributed by atoms with Crippen molar-refractivity contribution in [2.75, 3.05) is 106 Å². The molecule has 16 N–H and O–H groups in total. The molecule has 0 aromatic rings. The van der Waals surface area contributed by atoms with Crippen molar-refractivity contribution in [2.45, 2.75) is 215 Å². The van der Waals surface area contributed by atoms with Gasteiger partial charge >= 0.3 is 0 Å². The summed E-state index contributed by atoms with van der Waals surface area (Å²) in [6.45, 7) is 4.50. The summed E-state index contributed by atoms with van der Waals surface area (Å²) >= 11 is 0. The number of carbonyl (C=O) groups excluding carboxylic acids is 6. The zero-order chi connectivity index (χ0) is 64.2. The first-order chi connectivity index (χ1) is 41.7. The van der Waals surface area contributed by atoms with Gasteiger partial charge in [-0.3, -0.25) is 28.8 Å². The second kappa shape index (κ2) is 43.7. The van der Waals surface area contributed by atoms with Crippen LogP contribution >= 0.6 is 0 Å². The van der Waals surface area contributed by atoms with E-state index in [0.717, 1.165) is 38.5 Å². The fourth-order valence-electron chi connectivity index (χ4n) is 9.77. The molecule has 506 valence electrons. The minimum Gasteiger partial charge on any atom is -0.394 e. The number of aliphatic hydroxyl groups excluding tert-OH is 9. The van der Waals surface area contributed by atoms with Crippen LogP contribution in [-0.4, -0.2) is 285 Å². The molecule has 15 atom stereocenters. The van der Waals surface area contributed by atoms with Crippen molar-refractivity contribution in [3.8, 4) is 0 Å². The van der Waals surface area contributed by atoms with Crippen LogP contribution in [0.15, 0.2) is 0 Å². The Morgan fingerprint density at radius 3 is 0.897 bits per heavy atom. The second-order valence-corrected chi connectivity index (χ2v) is 22.1. The van der Waals surface area contributed by atoms with Crippen LogP contribution in [0.5, 0.6) is 0 Å². The van der Waals surface area contributed by atoms with Crippen molar-refractivity contribution < 1.29 is 117 Å². The van der Waals surface area contributed by atoms with Gasteiger partial charge in [-0.05, 0) is 45.6 Å². The Morgan fingerprint density at radius 2 is 0.655 bits per heavy atom. The first-order valence-electron chi connectivity index (χ1n) is 30.5. The summed E-state index contributed by atoms with van der Waals surface area (Å²) in [7, 11) is 1.70. The van der Waals surface area contributed by atoms with Gasteiger partial charge in [-0.2, -0.15) is 0 Å². The molecule has 31 heteroatoms. The Balaban J connectivity index is 1.37. The first-order valence-corrected chi connectivity index (χ1v) is 30.5. The average molecular weight is 1260 g/mol. The second-order valence-electron chi connectivity index (χ2n) is 22.1. The van der Waals surface area contributed by atoms with Crippen LogP contribution in [0, 0.1) is 0 Å². The van der Waals surface area contributed by atoms with Gasteiger partial charge in [-0.1, -0.05) is 38.5 Å². The Hall–Kier alpha value is -3.94. The zero-order valence-corrected chi connectivity index (χ0v) is 51.0. The molecule has 3 rings (SSSR count). The van der Waals surface area contributed by atoms with Crippen molar-refractivity contribution in [3.63, 3.8) is 0 Å². The highest BCUT2D eigenvalue weighted by atomic mass is 16.7. The lowest BCUT2D eigenvalue weighted by Crippen LogP contribution is -2.64. The number of unbranched alkanes of at least 4 members (excludes halogenated alkanes) is 9. The SMILES string of the molecule is CNC(COCCC(=O)NCCCCCCO[C@@H]1O[C@H](CO)[C@H](O)[C@H](O)[C@H]1NC(C)=O)(COCCC(=O)NCCCCCCO[C@@H]1O[C@H](CO)[C@H](O)[C@H](O)[C@H]1NC(C)=O)COCCC(=O)NCCCCCCO[C@@H]1O[C@H](CO)[C@H](O)[C@H](O)[C@H]1NC(C)=O. The largest absolute Gasteiger partial charge is 0.394 e. The predicted octanol–water partition coefficient (Wildman–Crippen LogP) is -4.92. The molecule has 3 aliphatic rings. The molecule has 3 heterocycles. The highest BCUT2D eigenvalue weighted by Gasteiger charge is 2.48. The van der Waals surface area contributed by atoms with Crippen LogP contribution in [-0.2, 0) is 71.4 Å². The lowest BCUT2D eigenvalue weighted by atomic mass is 9.97. The molecule has 0 aromatic heterocycles. The van der Waals surface area contributed by atoms with Crippen LogP contribution in [0.3, 0.4) is 0 Å². The average Bonchev–Trinajstić information content (AvgIpc) is 1.12. The Labute approximate surface area is 509 Å². The summed E-state index contributed by atoms with van der Waals surface area (Å²) < 4.78 is 52.0. The van der Waals surface area contributed by atoms with E-state index in [1.807, 2.05) is 0 Å². The molecular formula is C56H103N7O24. The van der Waals surface area contributed by atoms with Gasteiger partial charge in [0.15, 0.2) is 18.9 Å². The third-order valence-corrected chi connectivity index (χ3v) is 14.9. The predicted molar refractivity (Wildman–Crippen MR) is 306 cm³/mol. The number of carbonyl (C=O) groups is 6. The third-order valence-electron chi connectivity index (χ3n) is 14.9. The van der Waals surface area contributed by atoms with Crippen molar-refractivity contribution in [3.05, 3.63) is 0 Å². The van der Waals surface area contributed by atoms with Crippen LogP contribution < -0.4 is 37.2 Å². The van der Waals surface area contributed by atoms with E-state index in [0.29, 0.717) is 58.2 Å². The summed E-state index contributed by atoms with van der Waals surface area (Å²) in [5.41, 5.74) is -0.929. The van der Waals surface area contributed by atoms with Gasteiger partial charge in [0.05, 0.1) is 65.0 Å². The number of hydrogen-bond donors (Lipinski definition) is 16. The van der Waals surface area contributed by atoms with Crippen LogP contribution in [0.25, 0.3) is 0 Å². The van der Waals surface area contributed by atoms with Crippen LogP contribution in [0.2, 0.25) is 0 Å². The molecule has 0 spiro atoms. The summed E-state index contributed by atoms with van der Waals surface area (Å²) in [5.74, 6) is -1.99. The van der Waals surface area contributed by atoms with Gasteiger partial charge in [0.25, 0.3) is 0 Å². The first kappa shape index (κ1) is 77.3. The van der Waals surface area contributed by atoms with E-state index >= 15 is 0 Å². The van der Waals surface area contributed by atoms with Gasteiger partial charge in [0.2, 0.25) is 35.4 Å². The molecule has 3 saturated heterocycles. The Morgan fingerprint density at radius 1 is 0.391 bits per heavy atom. The normalized spacial score (nSPS) is 27.5. The molecule has 0 bridgehead atoms. The van der Waals surface area contributed by atoms with E-state index in [9.17, 15) is 74.7 Å². The molecular weight excluding hydrogens is 1150 g/mol. The van der Waals surface area contributed by atoms with Crippen molar-refractivity contribution >= 4 is 35.4 Å². The van der Waals surface area contributed by atoms with Crippen LogP contribution in [0.4, 0.5) is 0 Å². The maximum absolute atomic E-state index is 12.7. The number of aliphatic hydroxyl groups is 9. The highest BCUT2D eigenvalue weighted by Crippen LogP contribution is 2.26. The topological polar surface area (TPSA) is 452 Å². The molecule has 87 heavy (non-hydrogen) atoms. The quantitative estimate of drug-likeness (QED) is 0.0254. The highest BCUT2D eigenvalue weighted by molar-refractivity contribution is 5.77. The molecule has 0 aromatic carbocycles. The number of ether oxygens (including phenoxy) is 9. The number of amides is 6. The van der Waals surface area contributed by atoms with Gasteiger partial charge in [-0.15, -0.1) is 0 Å². The summed E-state index contributed by atoms with van der Waals surface area (Å²) in [4.78, 5) is 73.2. The lowest BCUT2D eigenvalue weighted by molar-refractivity contribution is -0.270. The number of hydrogen-bond acceptors (Lipinski definition) is 25. The molecule has 3 fully saturated rings. The maximum Gasteiger partial charge on any atom is 0.222 e. The van der Waals surface area contributed by atoms with Gasteiger partial charge < -0.3 is 126 Å². The molecule has 0 aliphatic carbocycles. The Bertz CT molecular complexity index is 1750. The van der Waals surface area contributed by atoms with E-state index in [2.05, 4.69) is 37.2 Å². The van der Waals surface area contributed by atoms with Crippen molar-refractivity contribution in [1.29, 1.82) is 0 Å². The molecule has 0 saturated carbocycles. The zero-order valence-electron chi connectivity index (χ0n) is 51.0. The van der Waals surface area contributed by atoms with Crippen molar-refractivity contribution in [1.82, 2.24) is 37.2 Å². The van der Waals surface area contributed by atoms with E-state index in [-0.39, 0.29) is 96.4 Å². The number of nitrogens with one attached hydrogen (secondary N) is 7. The van der Waals surface area contributed by atoms with Crippen LogP contribution in [0.1, 0.15) is 117 Å². The standard InChI is InChI=1S/C56H103N7O24/c1-35(67)61-44-50(76)47(73)38(29-64)85-53(44)82-23-14-8-5-11-20-58-41(70)17-26-79-32-56(57-4,33-80-27-18-42(71)59-21-12-6-9-15-24-83-54-45(62-36(2)68)51(77)48(74)39(30-65)86-54)34-81-28-19-43(72)60-22-13-7-10-16-25-84-55-46(63-37(3)69)52(78)49(75)40(31-66)87-55/h38-40,44-55,57,64-66,73-78H,5-34H2,1-4H3,(H,58,70)(H,59,71)(H,60,72)(H,61,67)(H,62,68)(H,63,69)/t38-,39-,40-,44-,45-,46-,47+,48+,49+,50-,51-,52-,53-,54-,55-/m1/s1. The molecule has 6 amide bonds. The van der Waals surface area contributed by atoms with Gasteiger partial charge in [0, 0.05) is 79.5 Å². The summed E-state index contributed by atoms with van der Waals surface area (Å²) in [5, 5.41) is 110. The number of rotatable bonds is 46. The smallest absolute Gasteiger partial charge is 0.222 e. The van der Waals surface area contributed by atoms with E-state index < -0.39 is 135 Å². The fourth-order valence-corrected chi connectivity index (χ4v) is 9.77. The van der Waals surface area contributed by atoms with Gasteiger partial charge in [-0.25, -0.2) is 0 Å². The number of likely N-dealkylation sites (N-methyl/N-ethyl adjacent to an activating group) is 1. The summed E-state index contributed by atoms with van der Waals surface area (Å²) in [6, 6.07) is -3.06. The minimum atomic E-state index is -1.41. The van der Waals surface area contributed by atoms with E-state index in [4.69, 9.17) is 42.6 Å². The lowest BCUT2D eigenvalue weighted by Gasteiger charge is -2.42. The monoisotopic (exact) mass is 1260 g/mol. The summed E-state index contributed by atoms with van der Waals surface area (Å²) in [6.07, 6.45) is -6.23. The minimum absolute atomic E-state index is 0.0562. The van der Waals surface area contributed by atoms with E-state index in [1.54, 1.807) is 7.05 Å². The van der Waals surface area contributed by atoms with Crippen molar-refractivity contribution in [2.24, 2.45) is 0 Å². The maximum atomic E-state index is 12.7. The molecule has 31 nitrogen and oxygen atoms in total. The third kappa shape index (κ3) is 29.3. The van der Waals surface area contributed by atoms with E-state index in [1.165, 1.54) is 20.8 Å². The molecule has 0 unspecified atom stereocenters. The molecule has 0 radical (unpaired) electrons. The fraction of sp³-hybridized carbons (Fsp3) is 0.893. The molecule has 3 aliphatic heterocycles. The Kier molecular flexibility index (Phi) is 38.8. The van der Waals surface area contributed by atoms with Gasteiger partial charge in [0.1, 0.15) is 73.1 Å².